The van der Waals surface area contributed by atoms with E-state index in [9.17, 15) is 4.39 Å². The van der Waals surface area contributed by atoms with E-state index in [-0.39, 0.29) is 5.82 Å². The molecule has 1 aromatic rings. The van der Waals surface area contributed by atoms with Gasteiger partial charge in [-0.2, -0.15) is 0 Å². The van der Waals surface area contributed by atoms with Gasteiger partial charge < -0.3 is 5.43 Å². The van der Waals surface area contributed by atoms with Crippen molar-refractivity contribution in [2.24, 2.45) is 10.8 Å². The molecular formula is C15H22FN3. The van der Waals surface area contributed by atoms with Crippen LogP contribution in [0.1, 0.15) is 49.7 Å². The molecule has 0 unspecified atom stereocenters. The predicted octanol–water partition coefficient (Wildman–Crippen LogP) is 3.07. The Kier molecular flexibility index (Phi) is 4.91. The number of rotatable bonds is 2. The van der Waals surface area contributed by atoms with E-state index in [1.165, 1.54) is 31.7 Å². The number of aliphatic imine (C=N–C) groups is 1. The molecule has 1 aliphatic rings. The van der Waals surface area contributed by atoms with Crippen molar-refractivity contribution in [2.45, 2.75) is 51.5 Å². The molecule has 104 valence electrons. The number of hydrogen-bond acceptors (Lipinski definition) is 2. The predicted molar refractivity (Wildman–Crippen MR) is 76.5 cm³/mol. The molecule has 19 heavy (non-hydrogen) atoms. The number of hydrogen-bond donors (Lipinski definition) is 2. The number of benzene rings is 1. The van der Waals surface area contributed by atoms with E-state index < -0.39 is 0 Å². The summed E-state index contributed by atoms with van der Waals surface area (Å²) in [5.41, 5.74) is 4.13. The van der Waals surface area contributed by atoms with Crippen molar-refractivity contribution in [3.63, 3.8) is 0 Å². The standard InChI is InChI=1S/C15H22FN3/c1-11-10-12(8-9-14(11)16)15(19-17)18-13-6-4-2-3-5-7-13/h8-10,13H,2-7,17H2,1H3,(H,18,19). The Hall–Kier alpha value is -1.42. The van der Waals surface area contributed by atoms with E-state index in [1.807, 2.05) is 0 Å². The SMILES string of the molecule is Cc1cc(C(=NC2CCCCCC2)NN)ccc1F. The number of aryl methyl sites for hydroxylation is 1. The van der Waals surface area contributed by atoms with Gasteiger partial charge in [0, 0.05) is 5.56 Å². The number of nitrogens with zero attached hydrogens (tertiary/aromatic N) is 1. The second kappa shape index (κ2) is 6.66. The van der Waals surface area contributed by atoms with Crippen LogP contribution in [0, 0.1) is 12.7 Å². The number of nitrogens with one attached hydrogen (secondary N) is 1. The molecule has 1 aliphatic carbocycles. The maximum atomic E-state index is 13.3. The zero-order chi connectivity index (χ0) is 13.7. The van der Waals surface area contributed by atoms with Gasteiger partial charge in [-0.05, 0) is 43.5 Å². The van der Waals surface area contributed by atoms with Crippen LogP contribution in [0.5, 0.6) is 0 Å². The van der Waals surface area contributed by atoms with Crippen molar-refractivity contribution in [3.8, 4) is 0 Å². The second-order valence-corrected chi connectivity index (χ2v) is 5.23. The first-order valence-corrected chi connectivity index (χ1v) is 7.01. The van der Waals surface area contributed by atoms with Gasteiger partial charge >= 0.3 is 0 Å². The Morgan fingerprint density at radius 3 is 2.53 bits per heavy atom. The third-order valence-corrected chi connectivity index (χ3v) is 3.70. The lowest BCUT2D eigenvalue weighted by Crippen LogP contribution is -2.32. The Morgan fingerprint density at radius 2 is 1.95 bits per heavy atom. The minimum atomic E-state index is -0.199. The summed E-state index contributed by atoms with van der Waals surface area (Å²) in [5, 5.41) is 0. The van der Waals surface area contributed by atoms with E-state index in [2.05, 4.69) is 5.43 Å². The van der Waals surface area contributed by atoms with Gasteiger partial charge in [0.2, 0.25) is 0 Å². The zero-order valence-electron chi connectivity index (χ0n) is 11.5. The zero-order valence-corrected chi connectivity index (χ0v) is 11.5. The summed E-state index contributed by atoms with van der Waals surface area (Å²) in [6.45, 7) is 1.75. The van der Waals surface area contributed by atoms with E-state index in [1.54, 1.807) is 19.1 Å². The van der Waals surface area contributed by atoms with Gasteiger partial charge in [-0.3, -0.25) is 4.99 Å². The van der Waals surface area contributed by atoms with E-state index >= 15 is 0 Å². The summed E-state index contributed by atoms with van der Waals surface area (Å²) in [4.78, 5) is 4.71. The fourth-order valence-corrected chi connectivity index (χ4v) is 2.56. The number of halogens is 1. The first-order chi connectivity index (χ1) is 9.20. The van der Waals surface area contributed by atoms with Crippen LogP contribution < -0.4 is 11.3 Å². The molecule has 1 saturated carbocycles. The van der Waals surface area contributed by atoms with E-state index in [4.69, 9.17) is 10.8 Å². The second-order valence-electron chi connectivity index (χ2n) is 5.23. The van der Waals surface area contributed by atoms with Crippen molar-refractivity contribution in [3.05, 3.63) is 35.1 Å². The Balaban J connectivity index is 2.19. The highest BCUT2D eigenvalue weighted by Crippen LogP contribution is 2.20. The molecule has 3 N–H and O–H groups in total. The molecule has 0 aliphatic heterocycles. The summed E-state index contributed by atoms with van der Waals surface area (Å²) in [7, 11) is 0. The van der Waals surface area contributed by atoms with Crippen LogP contribution >= 0.6 is 0 Å². The summed E-state index contributed by atoms with van der Waals surface area (Å²) in [6.07, 6.45) is 7.29. The lowest BCUT2D eigenvalue weighted by atomic mass is 10.1. The molecule has 0 spiro atoms. The van der Waals surface area contributed by atoms with Crippen molar-refractivity contribution < 1.29 is 4.39 Å². The van der Waals surface area contributed by atoms with Crippen LogP contribution in [0.2, 0.25) is 0 Å². The molecule has 0 aromatic heterocycles. The van der Waals surface area contributed by atoms with Crippen molar-refractivity contribution >= 4 is 5.84 Å². The largest absolute Gasteiger partial charge is 0.308 e. The molecule has 2 rings (SSSR count). The van der Waals surface area contributed by atoms with Gasteiger partial charge in [0.1, 0.15) is 11.7 Å². The van der Waals surface area contributed by atoms with Crippen LogP contribution in [0.3, 0.4) is 0 Å². The Bertz CT molecular complexity index is 449. The summed E-state index contributed by atoms with van der Waals surface area (Å²) in [6, 6.07) is 5.30. The lowest BCUT2D eigenvalue weighted by Gasteiger charge is -2.13. The van der Waals surface area contributed by atoms with Gasteiger partial charge in [-0.1, -0.05) is 25.7 Å². The minimum Gasteiger partial charge on any atom is -0.308 e. The van der Waals surface area contributed by atoms with E-state index in [0.717, 1.165) is 18.4 Å². The lowest BCUT2D eigenvalue weighted by molar-refractivity contribution is 0.583. The van der Waals surface area contributed by atoms with Crippen LogP contribution in [0.25, 0.3) is 0 Å². The molecule has 0 amide bonds. The highest BCUT2D eigenvalue weighted by Gasteiger charge is 2.13. The monoisotopic (exact) mass is 263 g/mol. The number of hydrazine groups is 1. The molecule has 0 bridgehead atoms. The van der Waals surface area contributed by atoms with Gasteiger partial charge in [0.15, 0.2) is 0 Å². The number of amidine groups is 1. The Labute approximate surface area is 114 Å². The highest BCUT2D eigenvalue weighted by molar-refractivity contribution is 5.98. The van der Waals surface area contributed by atoms with Crippen molar-refractivity contribution in [1.82, 2.24) is 5.43 Å². The first-order valence-electron chi connectivity index (χ1n) is 7.01. The van der Waals surface area contributed by atoms with Gasteiger partial charge in [0.05, 0.1) is 6.04 Å². The van der Waals surface area contributed by atoms with Crippen LogP contribution in [-0.2, 0) is 0 Å². The normalized spacial score (nSPS) is 18.2. The summed E-state index contributed by atoms with van der Waals surface area (Å²) in [5.74, 6) is 6.04. The fourth-order valence-electron chi connectivity index (χ4n) is 2.56. The average molecular weight is 263 g/mol. The van der Waals surface area contributed by atoms with Gasteiger partial charge in [-0.25, -0.2) is 10.2 Å². The summed E-state index contributed by atoms with van der Waals surface area (Å²) < 4.78 is 13.3. The van der Waals surface area contributed by atoms with Gasteiger partial charge in [0.25, 0.3) is 0 Å². The van der Waals surface area contributed by atoms with Crippen molar-refractivity contribution in [2.75, 3.05) is 0 Å². The van der Waals surface area contributed by atoms with Crippen LogP contribution in [0.4, 0.5) is 4.39 Å². The quantitative estimate of drug-likeness (QED) is 0.283. The third kappa shape index (κ3) is 3.77. The van der Waals surface area contributed by atoms with Gasteiger partial charge in [-0.15, -0.1) is 0 Å². The molecule has 1 aromatic carbocycles. The molecule has 1 fully saturated rings. The van der Waals surface area contributed by atoms with Crippen LogP contribution in [0.15, 0.2) is 23.2 Å². The maximum Gasteiger partial charge on any atom is 0.142 e. The smallest absolute Gasteiger partial charge is 0.142 e. The summed E-state index contributed by atoms with van der Waals surface area (Å²) >= 11 is 0. The molecular weight excluding hydrogens is 241 g/mol. The average Bonchev–Trinajstić information content (AvgIpc) is 2.68. The number of nitrogens with two attached hydrogens (primary N) is 1. The van der Waals surface area contributed by atoms with E-state index in [0.29, 0.717) is 17.4 Å². The fraction of sp³-hybridized carbons (Fsp3) is 0.533. The molecule has 0 saturated heterocycles. The molecule has 4 heteroatoms. The molecule has 0 atom stereocenters. The third-order valence-electron chi connectivity index (χ3n) is 3.70. The minimum absolute atomic E-state index is 0.199. The Morgan fingerprint density at radius 1 is 1.26 bits per heavy atom. The van der Waals surface area contributed by atoms with Crippen LogP contribution in [-0.4, -0.2) is 11.9 Å². The van der Waals surface area contributed by atoms with Crippen molar-refractivity contribution in [1.29, 1.82) is 0 Å². The maximum absolute atomic E-state index is 13.3. The topological polar surface area (TPSA) is 50.4 Å². The first kappa shape index (κ1) is 14.0. The molecule has 0 heterocycles. The molecule has 0 radical (unpaired) electrons. The highest BCUT2D eigenvalue weighted by atomic mass is 19.1. The molecule has 3 nitrogen and oxygen atoms in total.